The van der Waals surface area contributed by atoms with E-state index >= 15 is 0 Å². The Morgan fingerprint density at radius 3 is 1.83 bits per heavy atom. The topological polar surface area (TPSA) is 158 Å². The Morgan fingerprint density at radius 1 is 0.742 bits per heavy atom. The number of carbonyl (C=O) groups excluding carboxylic acids is 6. The van der Waals surface area contributed by atoms with E-state index < -0.39 is 76.2 Å². The lowest BCUT2D eigenvalue weighted by molar-refractivity contribution is -0.322. The molecule has 1 aliphatic heterocycles. The Bertz CT molecular complexity index is 1860. The molecular weight excluding hydrogens is 955 g/mol. The monoisotopic (exact) mass is 1040 g/mol. The van der Waals surface area contributed by atoms with Crippen LogP contribution in [0, 0.1) is 68.0 Å². The van der Waals surface area contributed by atoms with E-state index in [-0.39, 0.29) is 52.9 Å². The summed E-state index contributed by atoms with van der Waals surface area (Å²) in [6.45, 7) is 29.0. The van der Waals surface area contributed by atoms with E-state index in [1.165, 1.54) is 5.57 Å². The van der Waals surface area contributed by atoms with Crippen LogP contribution in [0.2, 0.25) is 0 Å². The van der Waals surface area contributed by atoms with Gasteiger partial charge in [-0.2, -0.15) is 0 Å². The van der Waals surface area contributed by atoms with Gasteiger partial charge in [0, 0.05) is 29.1 Å². The highest BCUT2D eigenvalue weighted by Crippen LogP contribution is 2.66. The molecule has 12 nitrogen and oxygen atoms in total. The van der Waals surface area contributed by atoms with Gasteiger partial charge in [-0.05, 0) is 163 Å². The summed E-state index contributed by atoms with van der Waals surface area (Å²) in [5, 5.41) is 0. The van der Waals surface area contributed by atoms with E-state index in [2.05, 4.69) is 49.4 Å². The van der Waals surface area contributed by atoms with Crippen LogP contribution >= 0.6 is 22.6 Å². The van der Waals surface area contributed by atoms with Gasteiger partial charge in [-0.1, -0.05) is 61.9 Å². The van der Waals surface area contributed by atoms with Crippen LogP contribution in [0.3, 0.4) is 0 Å². The normalized spacial score (nSPS) is 34.7. The summed E-state index contributed by atoms with van der Waals surface area (Å²) in [6.07, 6.45) is 2.13. The van der Waals surface area contributed by atoms with E-state index in [9.17, 15) is 28.8 Å². The van der Waals surface area contributed by atoms with Crippen LogP contribution in [0.15, 0.2) is 11.6 Å². The number of hydrogen-bond acceptors (Lipinski definition) is 12. The number of rotatable bonds is 13. The van der Waals surface area contributed by atoms with E-state index in [0.717, 1.165) is 36.5 Å². The zero-order valence-electron chi connectivity index (χ0n) is 43.1. The molecule has 0 aromatic heterocycles. The smallest absolute Gasteiger partial charge is 0.311 e. The van der Waals surface area contributed by atoms with Gasteiger partial charge in [-0.15, -0.1) is 0 Å². The maximum atomic E-state index is 14.0. The van der Waals surface area contributed by atoms with Gasteiger partial charge in [0.1, 0.15) is 24.3 Å². The van der Waals surface area contributed by atoms with Crippen LogP contribution in [0.1, 0.15) is 169 Å². The Morgan fingerprint density at radius 2 is 1.29 bits per heavy atom. The molecule has 0 amide bonds. The third-order valence-electron chi connectivity index (χ3n) is 15.6. The van der Waals surface area contributed by atoms with Crippen molar-refractivity contribution in [1.82, 2.24) is 0 Å². The van der Waals surface area contributed by atoms with Gasteiger partial charge in [0.2, 0.25) is 0 Å². The van der Waals surface area contributed by atoms with E-state index in [4.69, 9.17) is 28.4 Å². The fourth-order valence-corrected chi connectivity index (χ4v) is 11.7. The summed E-state index contributed by atoms with van der Waals surface area (Å²) in [4.78, 5) is 82.1. The summed E-state index contributed by atoms with van der Waals surface area (Å²) in [5.74, 6) is -1.01. The first-order chi connectivity index (χ1) is 30.2. The summed E-state index contributed by atoms with van der Waals surface area (Å²) < 4.78 is 39.1. The molecule has 1 saturated heterocycles. The molecule has 66 heavy (non-hydrogen) atoms. The maximum Gasteiger partial charge on any atom is 0.311 e. The van der Waals surface area contributed by atoms with E-state index in [1.54, 1.807) is 83.1 Å². The Labute approximate surface area is 409 Å². The minimum Gasteiger partial charge on any atom is -0.462 e. The molecule has 14 atom stereocenters. The highest BCUT2D eigenvalue weighted by molar-refractivity contribution is 14.1. The number of alkyl halides is 1. The van der Waals surface area contributed by atoms with Crippen LogP contribution in [0.4, 0.5) is 0 Å². The van der Waals surface area contributed by atoms with Gasteiger partial charge in [0.15, 0.2) is 24.6 Å². The van der Waals surface area contributed by atoms with Crippen LogP contribution in [-0.2, 0) is 57.2 Å². The van der Waals surface area contributed by atoms with Gasteiger partial charge in [-0.25, -0.2) is 0 Å². The van der Waals surface area contributed by atoms with Gasteiger partial charge in [0.05, 0.1) is 27.8 Å². The van der Waals surface area contributed by atoms with Crippen molar-refractivity contribution in [1.29, 1.82) is 0 Å². The Hall–Kier alpha value is -2.39. The number of carbonyl (C=O) groups is 6. The van der Waals surface area contributed by atoms with Gasteiger partial charge in [-0.3, -0.25) is 28.8 Å². The maximum absolute atomic E-state index is 14.0. The van der Waals surface area contributed by atoms with Crippen molar-refractivity contribution in [2.45, 2.75) is 205 Å². The van der Waals surface area contributed by atoms with Crippen LogP contribution in [0.5, 0.6) is 0 Å². The fraction of sp³-hybridized carbons (Fsp3) is 0.849. The Balaban J connectivity index is 1.45. The molecule has 0 unspecified atom stereocenters. The standard InChI is InChI=1S/C53H83IO12/c1-29(27-54)17-20-36(55)30(2)39-37(56)26-35-33-19-18-31-25-32(21-23-52(31,15)34(33)22-24-53(35,39)16)62-43-42(66-47(60)51(12,13)14)41(65-46(59)50(9,10)11)40(64-45(58)49(6,7)8)38(63-43)28-61-44(57)48(3,4)5/h18,29-30,32-35,38-43H,17,19-28H2,1-16H3/t29-,30-,32+,33-,34+,35+,38-,39+,40-,41+,42-,43-,52+,53+/m1/s1. The molecule has 4 aliphatic carbocycles. The van der Waals surface area contributed by atoms with Gasteiger partial charge >= 0.3 is 23.9 Å². The van der Waals surface area contributed by atoms with Crippen LogP contribution in [0.25, 0.3) is 0 Å². The van der Waals surface area contributed by atoms with Crippen molar-refractivity contribution < 1.29 is 57.2 Å². The summed E-state index contributed by atoms with van der Waals surface area (Å²) in [6, 6.07) is 0. The number of halogens is 1. The Kier molecular flexibility index (Phi) is 16.7. The molecule has 5 rings (SSSR count). The molecule has 4 fully saturated rings. The lowest BCUT2D eigenvalue weighted by Crippen LogP contribution is -2.64. The second kappa shape index (κ2) is 20.1. The zero-order chi connectivity index (χ0) is 49.7. The fourth-order valence-electron chi connectivity index (χ4n) is 11.3. The number of fused-ring (bicyclic) bond motifs is 5. The SMILES string of the molecule is C[C@@H](CI)CCC(=O)[C@@H](C)[C@H]1C(=O)C[C@H]2[C@@H]3CC=C4C[C@@H](O[C@@H]5O[C@H](COC(=O)C(C)(C)C)[C@@H](OC(=O)C(C)(C)C)[C@H](OC(=O)C(C)(C)C)[C@H]5OC(=O)C(C)(C)C)CC[C@]4(C)[C@H]3CC[C@]12C. The molecule has 374 valence electrons. The van der Waals surface area contributed by atoms with Gasteiger partial charge < -0.3 is 28.4 Å². The first kappa shape index (κ1) is 54.5. The minimum absolute atomic E-state index is 0.130. The number of ether oxygens (including phenoxy) is 6. The largest absolute Gasteiger partial charge is 0.462 e. The van der Waals surface area contributed by atoms with Crippen LogP contribution in [-0.4, -0.2) is 83.3 Å². The van der Waals surface area contributed by atoms with Gasteiger partial charge in [0.25, 0.3) is 0 Å². The minimum atomic E-state index is -1.39. The van der Waals surface area contributed by atoms with Crippen molar-refractivity contribution >= 4 is 58.0 Å². The summed E-state index contributed by atoms with van der Waals surface area (Å²) in [7, 11) is 0. The molecule has 0 N–H and O–H groups in total. The number of hydrogen-bond donors (Lipinski definition) is 0. The molecule has 0 spiro atoms. The van der Waals surface area contributed by atoms with E-state index in [1.807, 2.05) is 6.92 Å². The lowest BCUT2D eigenvalue weighted by atomic mass is 9.47. The predicted molar refractivity (Wildman–Crippen MR) is 259 cm³/mol. The lowest BCUT2D eigenvalue weighted by Gasteiger charge is -2.58. The molecule has 0 aromatic rings. The number of Topliss-reactive ketones (excluding diaryl/α,β-unsaturated/α-hetero) is 2. The van der Waals surface area contributed by atoms with Crippen molar-refractivity contribution in [3.63, 3.8) is 0 Å². The summed E-state index contributed by atoms with van der Waals surface area (Å²) in [5.41, 5.74) is -2.86. The quantitative estimate of drug-likeness (QED) is 0.0566. The third-order valence-corrected chi connectivity index (χ3v) is 17.1. The highest BCUT2D eigenvalue weighted by Gasteiger charge is 2.63. The van der Waals surface area contributed by atoms with Crippen molar-refractivity contribution in [3.8, 4) is 0 Å². The number of ketones is 2. The highest BCUT2D eigenvalue weighted by atomic mass is 127. The average Bonchev–Trinajstić information content (AvgIpc) is 3.48. The molecule has 3 saturated carbocycles. The molecule has 0 aromatic carbocycles. The molecular formula is C53H83IO12. The first-order valence-corrected chi connectivity index (χ1v) is 26.2. The van der Waals surface area contributed by atoms with Crippen molar-refractivity contribution in [2.75, 3.05) is 11.0 Å². The average molecular weight is 1040 g/mol. The second-order valence-corrected chi connectivity index (χ2v) is 26.1. The van der Waals surface area contributed by atoms with Crippen molar-refractivity contribution in [3.05, 3.63) is 11.6 Å². The predicted octanol–water partition coefficient (Wildman–Crippen LogP) is 10.4. The number of allylic oxidation sites excluding steroid dienone is 1. The molecule has 13 heteroatoms. The van der Waals surface area contributed by atoms with E-state index in [0.29, 0.717) is 43.4 Å². The van der Waals surface area contributed by atoms with Crippen LogP contribution < -0.4 is 0 Å². The second-order valence-electron chi connectivity index (χ2n) is 25.3. The first-order valence-electron chi connectivity index (χ1n) is 24.7. The molecule has 5 aliphatic rings. The molecule has 0 bridgehead atoms. The summed E-state index contributed by atoms with van der Waals surface area (Å²) >= 11 is 2.37. The van der Waals surface area contributed by atoms with Crippen molar-refractivity contribution in [2.24, 2.45) is 68.0 Å². The zero-order valence-corrected chi connectivity index (χ0v) is 45.2. The number of esters is 4. The molecule has 0 radical (unpaired) electrons. The third kappa shape index (κ3) is 11.8. The molecule has 1 heterocycles.